The minimum atomic E-state index is -0.127. The van der Waals surface area contributed by atoms with Crippen molar-refractivity contribution in [2.75, 3.05) is 20.2 Å². The van der Waals surface area contributed by atoms with Crippen molar-refractivity contribution in [1.82, 2.24) is 15.6 Å². The first-order chi connectivity index (χ1) is 12.7. The van der Waals surface area contributed by atoms with Crippen molar-refractivity contribution >= 4 is 5.96 Å². The predicted octanol–water partition coefficient (Wildman–Crippen LogP) is 3.02. The lowest BCUT2D eigenvalue weighted by atomic mass is 9.95. The zero-order valence-corrected chi connectivity index (χ0v) is 15.3. The van der Waals surface area contributed by atoms with Gasteiger partial charge in [-0.2, -0.15) is 0 Å². The first-order valence-electron chi connectivity index (χ1n) is 8.93. The van der Waals surface area contributed by atoms with Crippen LogP contribution in [0.1, 0.15) is 30.9 Å². The molecule has 0 aliphatic heterocycles. The van der Waals surface area contributed by atoms with Crippen molar-refractivity contribution in [1.29, 1.82) is 0 Å². The number of aromatic nitrogens is 1. The molecular formula is C20H25FN4O. The molecule has 1 fully saturated rings. The van der Waals surface area contributed by atoms with E-state index in [1.165, 1.54) is 6.07 Å². The van der Waals surface area contributed by atoms with Crippen molar-refractivity contribution in [3.63, 3.8) is 0 Å². The molecule has 2 aromatic rings. The lowest BCUT2D eigenvalue weighted by molar-refractivity contribution is 0.397. The molecule has 0 atom stereocenters. The molecule has 6 heteroatoms. The summed E-state index contributed by atoms with van der Waals surface area (Å²) >= 11 is 0. The lowest BCUT2D eigenvalue weighted by Crippen LogP contribution is -2.41. The zero-order valence-electron chi connectivity index (χ0n) is 15.3. The van der Waals surface area contributed by atoms with Gasteiger partial charge in [-0.05, 0) is 37.0 Å². The van der Waals surface area contributed by atoms with E-state index >= 15 is 0 Å². The van der Waals surface area contributed by atoms with Gasteiger partial charge in [0, 0.05) is 30.8 Å². The van der Waals surface area contributed by atoms with E-state index in [9.17, 15) is 4.39 Å². The summed E-state index contributed by atoms with van der Waals surface area (Å²) in [6.07, 6.45) is 3.74. The summed E-state index contributed by atoms with van der Waals surface area (Å²) in [4.78, 5) is 8.80. The van der Waals surface area contributed by atoms with Crippen LogP contribution in [0.3, 0.4) is 0 Å². The molecule has 3 rings (SSSR count). The third-order valence-corrected chi connectivity index (χ3v) is 4.66. The number of guanidine groups is 1. The Hall–Kier alpha value is -2.63. The molecule has 1 aliphatic rings. The summed E-state index contributed by atoms with van der Waals surface area (Å²) in [5.41, 5.74) is 1.67. The van der Waals surface area contributed by atoms with E-state index in [0.717, 1.165) is 36.5 Å². The Bertz CT molecular complexity index is 757. The Kier molecular flexibility index (Phi) is 5.71. The second-order valence-corrected chi connectivity index (χ2v) is 6.52. The van der Waals surface area contributed by atoms with Crippen LogP contribution in [0.25, 0.3) is 0 Å². The van der Waals surface area contributed by atoms with E-state index in [-0.39, 0.29) is 11.2 Å². The number of benzene rings is 1. The van der Waals surface area contributed by atoms with E-state index in [0.29, 0.717) is 19.0 Å². The zero-order chi connectivity index (χ0) is 18.4. The fraction of sp³-hybridized carbons (Fsp3) is 0.400. The van der Waals surface area contributed by atoms with Crippen LogP contribution in [-0.2, 0) is 12.0 Å². The molecule has 26 heavy (non-hydrogen) atoms. The SMILES string of the molecule is CCNC(=NCc1ccc(OC)nc1)NCC1(c2ccccc2F)CC1. The van der Waals surface area contributed by atoms with Gasteiger partial charge in [-0.25, -0.2) is 14.4 Å². The van der Waals surface area contributed by atoms with Crippen LogP contribution < -0.4 is 15.4 Å². The lowest BCUT2D eigenvalue weighted by Gasteiger charge is -2.19. The second kappa shape index (κ2) is 8.17. The van der Waals surface area contributed by atoms with Gasteiger partial charge in [-0.15, -0.1) is 0 Å². The molecule has 0 unspecified atom stereocenters. The van der Waals surface area contributed by atoms with Crippen molar-refractivity contribution in [3.8, 4) is 5.88 Å². The van der Waals surface area contributed by atoms with E-state index < -0.39 is 0 Å². The van der Waals surface area contributed by atoms with Gasteiger partial charge < -0.3 is 15.4 Å². The molecular weight excluding hydrogens is 331 g/mol. The number of nitrogens with zero attached hydrogens (tertiary/aromatic N) is 2. The number of ether oxygens (including phenoxy) is 1. The van der Waals surface area contributed by atoms with Gasteiger partial charge in [0.1, 0.15) is 5.82 Å². The molecule has 0 amide bonds. The number of rotatable bonds is 7. The van der Waals surface area contributed by atoms with Crippen LogP contribution >= 0.6 is 0 Å². The van der Waals surface area contributed by atoms with E-state index in [1.54, 1.807) is 19.4 Å². The Morgan fingerprint density at radius 2 is 2.04 bits per heavy atom. The average Bonchev–Trinajstić information content (AvgIpc) is 3.46. The molecule has 0 bridgehead atoms. The number of hydrogen-bond donors (Lipinski definition) is 2. The number of methoxy groups -OCH3 is 1. The molecule has 2 N–H and O–H groups in total. The number of hydrogen-bond acceptors (Lipinski definition) is 3. The third kappa shape index (κ3) is 4.31. The second-order valence-electron chi connectivity index (χ2n) is 6.52. The molecule has 1 heterocycles. The fourth-order valence-corrected chi connectivity index (χ4v) is 2.97. The van der Waals surface area contributed by atoms with Crippen molar-refractivity contribution < 1.29 is 9.13 Å². The number of aliphatic imine (C=N–C) groups is 1. The van der Waals surface area contributed by atoms with E-state index in [4.69, 9.17) is 4.74 Å². The summed E-state index contributed by atoms with van der Waals surface area (Å²) in [5.74, 6) is 1.19. The quantitative estimate of drug-likeness (QED) is 0.591. The van der Waals surface area contributed by atoms with E-state index in [1.807, 2.05) is 31.2 Å². The minimum Gasteiger partial charge on any atom is -0.481 e. The summed E-state index contributed by atoms with van der Waals surface area (Å²) in [7, 11) is 1.59. The number of halogens is 1. The smallest absolute Gasteiger partial charge is 0.212 e. The maximum absolute atomic E-state index is 14.1. The molecule has 5 nitrogen and oxygen atoms in total. The van der Waals surface area contributed by atoms with Gasteiger partial charge in [0.15, 0.2) is 5.96 Å². The monoisotopic (exact) mass is 356 g/mol. The highest BCUT2D eigenvalue weighted by Crippen LogP contribution is 2.48. The molecule has 1 saturated carbocycles. The first-order valence-corrected chi connectivity index (χ1v) is 8.93. The Morgan fingerprint density at radius 1 is 1.23 bits per heavy atom. The first kappa shape index (κ1) is 18.2. The molecule has 138 valence electrons. The highest BCUT2D eigenvalue weighted by Gasteiger charge is 2.45. The van der Waals surface area contributed by atoms with Crippen LogP contribution in [-0.4, -0.2) is 31.1 Å². The maximum atomic E-state index is 14.1. The van der Waals surface area contributed by atoms with Crippen molar-refractivity contribution in [2.45, 2.75) is 31.7 Å². The molecule has 1 aliphatic carbocycles. The molecule has 0 radical (unpaired) electrons. The highest BCUT2D eigenvalue weighted by atomic mass is 19.1. The van der Waals surface area contributed by atoms with Crippen molar-refractivity contribution in [2.24, 2.45) is 4.99 Å². The molecule has 0 saturated heterocycles. The van der Waals surface area contributed by atoms with Gasteiger partial charge in [0.2, 0.25) is 5.88 Å². The van der Waals surface area contributed by atoms with Crippen LogP contribution in [0.5, 0.6) is 5.88 Å². The highest BCUT2D eigenvalue weighted by molar-refractivity contribution is 5.80. The van der Waals surface area contributed by atoms with Gasteiger partial charge >= 0.3 is 0 Å². The molecule has 0 spiro atoms. The largest absolute Gasteiger partial charge is 0.481 e. The normalized spacial score (nSPS) is 15.4. The maximum Gasteiger partial charge on any atom is 0.212 e. The van der Waals surface area contributed by atoms with Gasteiger partial charge in [0.05, 0.1) is 13.7 Å². The van der Waals surface area contributed by atoms with Gasteiger partial charge in [-0.3, -0.25) is 0 Å². The topological polar surface area (TPSA) is 58.5 Å². The summed E-state index contributed by atoms with van der Waals surface area (Å²) in [6.45, 7) is 3.97. The minimum absolute atomic E-state index is 0.122. The summed E-state index contributed by atoms with van der Waals surface area (Å²) in [6, 6.07) is 10.8. The Labute approximate surface area is 153 Å². The average molecular weight is 356 g/mol. The fourth-order valence-electron chi connectivity index (χ4n) is 2.97. The van der Waals surface area contributed by atoms with Crippen LogP contribution in [0.15, 0.2) is 47.6 Å². The number of nitrogens with one attached hydrogen (secondary N) is 2. The summed E-state index contributed by atoms with van der Waals surface area (Å²) in [5, 5.41) is 6.61. The predicted molar refractivity (Wildman–Crippen MR) is 101 cm³/mol. The van der Waals surface area contributed by atoms with Gasteiger partial charge in [-0.1, -0.05) is 24.3 Å². The Balaban J connectivity index is 1.64. The van der Waals surface area contributed by atoms with Crippen LogP contribution in [0, 0.1) is 5.82 Å². The number of pyridine rings is 1. The third-order valence-electron chi connectivity index (χ3n) is 4.66. The van der Waals surface area contributed by atoms with Crippen LogP contribution in [0.4, 0.5) is 4.39 Å². The van der Waals surface area contributed by atoms with Gasteiger partial charge in [0.25, 0.3) is 0 Å². The summed E-state index contributed by atoms with van der Waals surface area (Å²) < 4.78 is 19.2. The van der Waals surface area contributed by atoms with E-state index in [2.05, 4.69) is 20.6 Å². The van der Waals surface area contributed by atoms with Crippen LogP contribution in [0.2, 0.25) is 0 Å². The molecule has 1 aromatic carbocycles. The standard InChI is InChI=1S/C20H25FN4O/c1-3-22-19(24-13-15-8-9-18(26-2)23-12-15)25-14-20(10-11-20)16-6-4-5-7-17(16)21/h4-9,12H,3,10-11,13-14H2,1-2H3,(H2,22,24,25). The van der Waals surface area contributed by atoms with Crippen molar-refractivity contribution in [3.05, 3.63) is 59.5 Å². The molecule has 1 aromatic heterocycles. The Morgan fingerprint density at radius 3 is 2.65 bits per heavy atom.